The van der Waals surface area contributed by atoms with Crippen LogP contribution in [-0.4, -0.2) is 26.1 Å². The second-order valence-corrected chi connectivity index (χ2v) is 6.82. The van der Waals surface area contributed by atoms with Crippen LogP contribution >= 0.6 is 11.5 Å². The Hall–Kier alpha value is -2.90. The van der Waals surface area contributed by atoms with Crippen molar-refractivity contribution in [1.82, 2.24) is 9.36 Å². The van der Waals surface area contributed by atoms with Crippen molar-refractivity contribution in [2.75, 3.05) is 5.32 Å². The van der Waals surface area contributed by atoms with Gasteiger partial charge in [0, 0.05) is 23.7 Å². The molecule has 3 aromatic rings. The van der Waals surface area contributed by atoms with Gasteiger partial charge in [-0.1, -0.05) is 55.5 Å². The Kier molecular flexibility index (Phi) is 8.45. The fourth-order valence-corrected chi connectivity index (χ4v) is 2.96. The minimum absolute atomic E-state index is 0.122. The topological polar surface area (TPSA) is 99.0 Å². The van der Waals surface area contributed by atoms with Gasteiger partial charge in [-0.3, -0.25) is 4.79 Å². The average Bonchev–Trinajstić information content (AvgIpc) is 3.16. The normalized spacial score (nSPS) is 9.96. The number of amides is 1. The Labute approximate surface area is 169 Å². The van der Waals surface area contributed by atoms with E-state index in [1.807, 2.05) is 61.5 Å². The summed E-state index contributed by atoms with van der Waals surface area (Å²) < 4.78 is 4.12. The van der Waals surface area contributed by atoms with E-state index in [1.54, 1.807) is 6.92 Å². The molecular formula is C21H24N4O2S. The van der Waals surface area contributed by atoms with Crippen LogP contribution in [0.15, 0.2) is 54.6 Å². The molecule has 1 heterocycles. The maximum absolute atomic E-state index is 11.9. The molecule has 0 spiro atoms. The first-order chi connectivity index (χ1) is 13.5. The van der Waals surface area contributed by atoms with Crippen molar-refractivity contribution >= 4 is 28.3 Å². The Balaban J connectivity index is 0.000000292. The lowest BCUT2D eigenvalue weighted by Crippen LogP contribution is -2.14. The summed E-state index contributed by atoms with van der Waals surface area (Å²) in [5, 5.41) is 19.4. The molecule has 0 saturated heterocycles. The molecule has 0 atom stereocenters. The summed E-state index contributed by atoms with van der Waals surface area (Å²) in [6.45, 7) is 3.84. The van der Waals surface area contributed by atoms with Crippen molar-refractivity contribution in [3.8, 4) is 0 Å². The van der Waals surface area contributed by atoms with Crippen LogP contribution in [0.4, 0.5) is 5.13 Å². The summed E-state index contributed by atoms with van der Waals surface area (Å²) in [5.41, 5.74) is 3.17. The summed E-state index contributed by atoms with van der Waals surface area (Å²) in [6.07, 6.45) is 1.02. The Bertz CT molecular complexity index is 910. The van der Waals surface area contributed by atoms with E-state index in [-0.39, 0.29) is 18.9 Å². The average molecular weight is 397 g/mol. The van der Waals surface area contributed by atoms with Gasteiger partial charge in [-0.2, -0.15) is 4.37 Å². The zero-order valence-corrected chi connectivity index (χ0v) is 16.8. The first-order valence-electron chi connectivity index (χ1n) is 8.93. The number of aromatic nitrogens is 2. The van der Waals surface area contributed by atoms with Gasteiger partial charge < -0.3 is 15.8 Å². The lowest BCUT2D eigenvalue weighted by molar-refractivity contribution is -0.115. The summed E-state index contributed by atoms with van der Waals surface area (Å²) in [4.78, 5) is 16.1. The number of anilines is 1. The largest absolute Gasteiger partial charge is 0.392 e. The van der Waals surface area contributed by atoms with E-state index in [2.05, 4.69) is 14.7 Å². The number of hydrogen-bond acceptors (Lipinski definition) is 6. The molecule has 1 aromatic heterocycles. The third-order valence-electron chi connectivity index (χ3n) is 3.78. The number of aliphatic hydroxyl groups is 1. The van der Waals surface area contributed by atoms with Crippen molar-refractivity contribution in [2.24, 2.45) is 0 Å². The van der Waals surface area contributed by atoms with Gasteiger partial charge in [0.05, 0.1) is 13.0 Å². The molecule has 2 aromatic carbocycles. The third kappa shape index (κ3) is 7.02. The monoisotopic (exact) mass is 396 g/mol. The molecule has 6 nitrogen and oxygen atoms in total. The first-order valence-corrected chi connectivity index (χ1v) is 9.70. The molecule has 0 fully saturated rings. The quantitative estimate of drug-likeness (QED) is 0.551. The zero-order valence-electron chi connectivity index (χ0n) is 16.0. The van der Waals surface area contributed by atoms with Crippen LogP contribution in [0.2, 0.25) is 0 Å². The van der Waals surface area contributed by atoms with E-state index < -0.39 is 0 Å². The van der Waals surface area contributed by atoms with Gasteiger partial charge in [0.1, 0.15) is 5.82 Å². The number of benzene rings is 2. The Morgan fingerprint density at radius 3 is 2.43 bits per heavy atom. The molecule has 3 rings (SSSR count). The summed E-state index contributed by atoms with van der Waals surface area (Å²) in [5.74, 6) is 0.621. The van der Waals surface area contributed by atoms with Gasteiger partial charge in [0.15, 0.2) is 0 Å². The highest BCUT2D eigenvalue weighted by Gasteiger charge is 2.08. The van der Waals surface area contributed by atoms with Gasteiger partial charge in [0.25, 0.3) is 0 Å². The van der Waals surface area contributed by atoms with E-state index in [0.29, 0.717) is 10.8 Å². The van der Waals surface area contributed by atoms with E-state index in [0.717, 1.165) is 28.9 Å². The Morgan fingerprint density at radius 1 is 1.14 bits per heavy atom. The predicted molar refractivity (Wildman–Crippen MR) is 113 cm³/mol. The van der Waals surface area contributed by atoms with Crippen LogP contribution in [0.3, 0.4) is 0 Å². The number of carbonyl (C=O) groups excluding carboxylic acids is 1. The highest BCUT2D eigenvalue weighted by atomic mass is 32.1. The van der Waals surface area contributed by atoms with Crippen LogP contribution < -0.4 is 5.32 Å². The number of hydrogen-bond donors (Lipinski definition) is 3. The second-order valence-electron chi connectivity index (χ2n) is 6.06. The molecule has 1 amide bonds. The van der Waals surface area contributed by atoms with Crippen molar-refractivity contribution in [2.45, 2.75) is 33.3 Å². The molecule has 7 heteroatoms. The summed E-state index contributed by atoms with van der Waals surface area (Å²) in [6, 6.07) is 17.0. The van der Waals surface area contributed by atoms with Crippen molar-refractivity contribution < 1.29 is 9.90 Å². The van der Waals surface area contributed by atoms with Crippen LogP contribution in [0.1, 0.15) is 36.4 Å². The number of nitrogens with zero attached hydrogens (tertiary/aromatic N) is 2. The van der Waals surface area contributed by atoms with Gasteiger partial charge in [-0.15, -0.1) is 0 Å². The highest BCUT2D eigenvalue weighted by molar-refractivity contribution is 7.09. The molecule has 146 valence electrons. The fourth-order valence-electron chi connectivity index (χ4n) is 2.30. The number of nitrogens with one attached hydrogen (secondary N) is 2. The molecule has 0 aliphatic heterocycles. The van der Waals surface area contributed by atoms with E-state index in [4.69, 9.17) is 10.5 Å². The van der Waals surface area contributed by atoms with Crippen molar-refractivity contribution in [3.05, 3.63) is 77.1 Å². The minimum Gasteiger partial charge on any atom is -0.392 e. The molecule has 0 bridgehead atoms. The van der Waals surface area contributed by atoms with Crippen molar-refractivity contribution in [3.63, 3.8) is 0 Å². The van der Waals surface area contributed by atoms with Gasteiger partial charge >= 0.3 is 0 Å². The third-order valence-corrected chi connectivity index (χ3v) is 4.45. The van der Waals surface area contributed by atoms with E-state index in [9.17, 15) is 4.79 Å². The van der Waals surface area contributed by atoms with Crippen LogP contribution in [-0.2, 0) is 24.2 Å². The summed E-state index contributed by atoms with van der Waals surface area (Å²) in [7, 11) is 0. The standard InChI is InChI=1S/C14H16N4OS.C7H8O/c1-3-12-16-14(20-18-12)17-13(19)8-10-5-4-6-11(7-10)9(2)15;8-6-7-4-2-1-3-5-7/h4-7,15H,3,8H2,1-2H3,(H,16,17,18,19);1-5,8H,6H2. The van der Waals surface area contributed by atoms with E-state index in [1.165, 1.54) is 11.5 Å². The molecule has 3 N–H and O–H groups in total. The zero-order chi connectivity index (χ0) is 20.4. The molecule has 0 unspecified atom stereocenters. The number of aryl methyl sites for hydroxylation is 1. The Morgan fingerprint density at radius 2 is 1.86 bits per heavy atom. The van der Waals surface area contributed by atoms with Crippen LogP contribution in [0.5, 0.6) is 0 Å². The van der Waals surface area contributed by atoms with Gasteiger partial charge in [0.2, 0.25) is 11.0 Å². The number of rotatable bonds is 6. The SMILES string of the molecule is CCc1nsc(NC(=O)Cc2cccc(C(C)=N)c2)n1.OCc1ccccc1. The second kappa shape index (κ2) is 11.1. The van der Waals surface area contributed by atoms with E-state index >= 15 is 0 Å². The lowest BCUT2D eigenvalue weighted by Gasteiger charge is -2.04. The lowest BCUT2D eigenvalue weighted by atomic mass is 10.1. The molecule has 0 saturated carbocycles. The minimum atomic E-state index is -0.122. The van der Waals surface area contributed by atoms with Gasteiger partial charge in [-0.25, -0.2) is 4.98 Å². The smallest absolute Gasteiger partial charge is 0.230 e. The summed E-state index contributed by atoms with van der Waals surface area (Å²) >= 11 is 1.19. The first kappa shape index (κ1) is 21.4. The maximum Gasteiger partial charge on any atom is 0.230 e. The number of carbonyl (C=O) groups is 1. The van der Waals surface area contributed by atoms with Crippen LogP contribution in [0, 0.1) is 5.41 Å². The highest BCUT2D eigenvalue weighted by Crippen LogP contribution is 2.13. The maximum atomic E-state index is 11.9. The van der Waals surface area contributed by atoms with Crippen molar-refractivity contribution in [1.29, 1.82) is 5.41 Å². The molecule has 0 aliphatic carbocycles. The molecule has 0 aliphatic rings. The van der Waals surface area contributed by atoms with Gasteiger partial charge in [-0.05, 0) is 29.7 Å². The molecule has 28 heavy (non-hydrogen) atoms. The molecule has 0 radical (unpaired) electrons. The molecular weight excluding hydrogens is 372 g/mol. The fraction of sp³-hybridized carbons (Fsp3) is 0.238. The van der Waals surface area contributed by atoms with Crippen LogP contribution in [0.25, 0.3) is 0 Å². The predicted octanol–water partition coefficient (Wildman–Crippen LogP) is 3.85. The number of aliphatic hydroxyl groups excluding tert-OH is 1.